The third-order valence-corrected chi connectivity index (χ3v) is 1.08. The minimum atomic E-state index is -1.26. The molecule has 0 amide bonds. The number of carboxylic acid groups (broad SMARTS) is 3. The number of rotatable bonds is 6. The topological polar surface area (TPSA) is 115 Å². The summed E-state index contributed by atoms with van der Waals surface area (Å²) >= 11 is 0. The van der Waals surface area contributed by atoms with E-state index in [0.717, 1.165) is 4.90 Å². The standard InChI is InChI=1S/C6H9NO6.Ca.2H/c8-4(9)1-7(2-5(10)11)3-6(12)13;;;/h1-3H2,(H,8,9)(H,10,11)(H,12,13);;;/q;+2;2*-1. The van der Waals surface area contributed by atoms with Crippen molar-refractivity contribution in [1.29, 1.82) is 0 Å². The van der Waals surface area contributed by atoms with Gasteiger partial charge in [0.25, 0.3) is 0 Å². The maximum atomic E-state index is 10.1. The van der Waals surface area contributed by atoms with Crippen molar-refractivity contribution < 1.29 is 32.6 Å². The Kier molecular flexibility index (Phi) is 9.16. The molecule has 0 aliphatic heterocycles. The molecule has 0 fully saturated rings. The van der Waals surface area contributed by atoms with Gasteiger partial charge in [0.05, 0.1) is 19.6 Å². The van der Waals surface area contributed by atoms with Gasteiger partial charge >= 0.3 is 55.6 Å². The third kappa shape index (κ3) is 9.72. The molecule has 0 saturated heterocycles. The number of aliphatic carboxylic acids is 3. The molecule has 0 rings (SSSR count). The number of hydrogen-bond donors (Lipinski definition) is 3. The minimum Gasteiger partial charge on any atom is -1.00 e. The van der Waals surface area contributed by atoms with Gasteiger partial charge in [-0.3, -0.25) is 19.3 Å². The van der Waals surface area contributed by atoms with Gasteiger partial charge < -0.3 is 18.2 Å². The fourth-order valence-electron chi connectivity index (χ4n) is 0.742. The van der Waals surface area contributed by atoms with E-state index in [-0.39, 0.29) is 40.6 Å². The van der Waals surface area contributed by atoms with Gasteiger partial charge in [0.2, 0.25) is 0 Å². The molecular formula is C6H11CaNO6. The number of nitrogens with zero attached hydrogens (tertiary/aromatic N) is 1. The summed E-state index contributed by atoms with van der Waals surface area (Å²) in [6.45, 7) is -1.80. The smallest absolute Gasteiger partial charge is 1.00 e. The van der Waals surface area contributed by atoms with Crippen molar-refractivity contribution in [2.75, 3.05) is 19.6 Å². The fourth-order valence-corrected chi connectivity index (χ4v) is 0.742. The second-order valence-electron chi connectivity index (χ2n) is 2.33. The third-order valence-electron chi connectivity index (χ3n) is 1.08. The summed E-state index contributed by atoms with van der Waals surface area (Å²) in [5, 5.41) is 24.8. The summed E-state index contributed by atoms with van der Waals surface area (Å²) in [5.41, 5.74) is 0. The Balaban J connectivity index is -0.000000240. The summed E-state index contributed by atoms with van der Waals surface area (Å²) in [6.07, 6.45) is 0. The molecule has 0 saturated carbocycles. The molecule has 0 aromatic carbocycles. The van der Waals surface area contributed by atoms with Crippen molar-refractivity contribution in [3.8, 4) is 0 Å². The maximum Gasteiger partial charge on any atom is 2.00 e. The van der Waals surface area contributed by atoms with E-state index in [2.05, 4.69) is 0 Å². The molecule has 7 nitrogen and oxygen atoms in total. The first-order chi connectivity index (χ1) is 5.91. The van der Waals surface area contributed by atoms with E-state index in [0.29, 0.717) is 0 Å². The zero-order valence-corrected chi connectivity index (χ0v) is 9.55. The predicted octanol–water partition coefficient (Wildman–Crippen LogP) is -1.61. The Morgan fingerprint density at radius 2 is 1.07 bits per heavy atom. The van der Waals surface area contributed by atoms with E-state index in [4.69, 9.17) is 15.3 Å². The zero-order chi connectivity index (χ0) is 10.4. The van der Waals surface area contributed by atoms with Crippen molar-refractivity contribution in [1.82, 2.24) is 4.90 Å². The van der Waals surface area contributed by atoms with E-state index in [1.807, 2.05) is 0 Å². The summed E-state index contributed by atoms with van der Waals surface area (Å²) in [5.74, 6) is -3.78. The molecule has 0 aliphatic rings. The molecule has 0 unspecified atom stereocenters. The van der Waals surface area contributed by atoms with Gasteiger partial charge in [-0.2, -0.15) is 0 Å². The zero-order valence-electron chi connectivity index (χ0n) is 9.34. The van der Waals surface area contributed by atoms with Gasteiger partial charge in [-0.05, 0) is 0 Å². The molecule has 0 aliphatic carbocycles. The van der Waals surface area contributed by atoms with Gasteiger partial charge in [-0.25, -0.2) is 0 Å². The van der Waals surface area contributed by atoms with Gasteiger partial charge in [0, 0.05) is 0 Å². The van der Waals surface area contributed by atoms with E-state index in [1.54, 1.807) is 0 Å². The monoisotopic (exact) mass is 233 g/mol. The Morgan fingerprint density at radius 3 is 1.21 bits per heavy atom. The molecule has 0 aromatic heterocycles. The largest absolute Gasteiger partial charge is 2.00 e. The van der Waals surface area contributed by atoms with Crippen LogP contribution >= 0.6 is 0 Å². The van der Waals surface area contributed by atoms with Crippen LogP contribution < -0.4 is 0 Å². The average Bonchev–Trinajstić information content (AvgIpc) is 1.80. The second-order valence-corrected chi connectivity index (χ2v) is 2.33. The molecule has 14 heavy (non-hydrogen) atoms. The first kappa shape index (κ1) is 16.1. The summed E-state index contributed by atoms with van der Waals surface area (Å²) in [6, 6.07) is 0. The Morgan fingerprint density at radius 1 is 0.857 bits per heavy atom. The Bertz CT molecular complexity index is 201. The molecular weight excluding hydrogens is 222 g/mol. The fraction of sp³-hybridized carbons (Fsp3) is 0.500. The van der Waals surface area contributed by atoms with E-state index in [9.17, 15) is 14.4 Å². The van der Waals surface area contributed by atoms with Gasteiger partial charge in [0.1, 0.15) is 0 Å². The van der Waals surface area contributed by atoms with Gasteiger partial charge in [-0.1, -0.05) is 0 Å². The molecule has 3 N–H and O–H groups in total. The van der Waals surface area contributed by atoms with Crippen LogP contribution in [-0.2, 0) is 14.4 Å². The normalized spacial score (nSPS) is 9.21. The van der Waals surface area contributed by atoms with Crippen molar-refractivity contribution in [3.63, 3.8) is 0 Å². The quantitative estimate of drug-likeness (QED) is 0.472. The Labute approximate surface area is 112 Å². The van der Waals surface area contributed by atoms with Crippen LogP contribution in [0.3, 0.4) is 0 Å². The minimum absolute atomic E-state index is 0. The number of hydrogen-bond acceptors (Lipinski definition) is 4. The first-order valence-corrected chi connectivity index (χ1v) is 3.29. The average molecular weight is 233 g/mol. The van der Waals surface area contributed by atoms with E-state index in [1.165, 1.54) is 0 Å². The molecule has 0 spiro atoms. The van der Waals surface area contributed by atoms with E-state index >= 15 is 0 Å². The predicted molar refractivity (Wildman–Crippen MR) is 47.3 cm³/mol. The van der Waals surface area contributed by atoms with Crippen molar-refractivity contribution in [2.24, 2.45) is 0 Å². The van der Waals surface area contributed by atoms with Crippen molar-refractivity contribution >= 4 is 55.6 Å². The molecule has 8 heteroatoms. The van der Waals surface area contributed by atoms with Crippen LogP contribution in [0.5, 0.6) is 0 Å². The summed E-state index contributed by atoms with van der Waals surface area (Å²) in [4.78, 5) is 31.2. The van der Waals surface area contributed by atoms with Crippen molar-refractivity contribution in [2.45, 2.75) is 0 Å². The van der Waals surface area contributed by atoms with Crippen molar-refractivity contribution in [3.05, 3.63) is 0 Å². The molecule has 0 atom stereocenters. The van der Waals surface area contributed by atoms with Crippen LogP contribution in [0.1, 0.15) is 2.85 Å². The van der Waals surface area contributed by atoms with Crippen LogP contribution in [0.25, 0.3) is 0 Å². The molecule has 78 valence electrons. The van der Waals surface area contributed by atoms with Gasteiger partial charge in [-0.15, -0.1) is 0 Å². The summed E-state index contributed by atoms with van der Waals surface area (Å²) in [7, 11) is 0. The number of carbonyl (C=O) groups is 3. The van der Waals surface area contributed by atoms with Crippen LogP contribution in [-0.4, -0.2) is 95.5 Å². The van der Waals surface area contributed by atoms with Crippen LogP contribution in [0.4, 0.5) is 0 Å². The van der Waals surface area contributed by atoms with Crippen LogP contribution in [0.15, 0.2) is 0 Å². The SMILES string of the molecule is O=C(O)CN(CC(=O)O)CC(=O)O.[Ca+2].[H-].[H-]. The van der Waals surface area contributed by atoms with Crippen LogP contribution in [0, 0.1) is 0 Å². The molecule has 0 radical (unpaired) electrons. The molecule has 0 aromatic rings. The summed E-state index contributed by atoms with van der Waals surface area (Å²) < 4.78 is 0. The molecule has 0 heterocycles. The maximum absolute atomic E-state index is 10.1. The number of carboxylic acids is 3. The van der Waals surface area contributed by atoms with E-state index < -0.39 is 37.5 Å². The molecule has 0 bridgehead atoms. The van der Waals surface area contributed by atoms with Crippen LogP contribution in [0.2, 0.25) is 0 Å². The van der Waals surface area contributed by atoms with Gasteiger partial charge in [0.15, 0.2) is 0 Å². The second kappa shape index (κ2) is 7.98. The Hall–Kier alpha value is -0.370. The first-order valence-electron chi connectivity index (χ1n) is 3.29.